The maximum atomic E-state index is 11.0. The molecule has 3 rings (SSSR count). The number of hydrogen-bond donors (Lipinski definition) is 1. The Bertz CT molecular complexity index is 482. The van der Waals surface area contributed by atoms with Crippen LogP contribution in [0.25, 0.3) is 0 Å². The first kappa shape index (κ1) is 15.1. The van der Waals surface area contributed by atoms with Crippen molar-refractivity contribution in [3.05, 3.63) is 34.4 Å². The van der Waals surface area contributed by atoms with E-state index in [1.54, 1.807) is 0 Å². The summed E-state index contributed by atoms with van der Waals surface area (Å²) in [6.45, 7) is 6.46. The molecule has 0 amide bonds. The molecule has 1 aromatic rings. The number of fused-ring (bicyclic) bond motifs is 1. The van der Waals surface area contributed by atoms with E-state index in [1.807, 2.05) is 0 Å². The van der Waals surface area contributed by atoms with Crippen LogP contribution < -0.4 is 0 Å². The van der Waals surface area contributed by atoms with Gasteiger partial charge >= 0.3 is 0 Å². The number of hydrogen-bond acceptors (Lipinski definition) is 1. The van der Waals surface area contributed by atoms with E-state index in [1.165, 1.54) is 67.2 Å². The van der Waals surface area contributed by atoms with Crippen LogP contribution in [0.15, 0.2) is 12.1 Å². The number of aliphatic hydroxyl groups excluding tert-OH is 1. The lowest BCUT2D eigenvalue weighted by Gasteiger charge is -2.41. The molecular formula is C20H30O. The highest BCUT2D eigenvalue weighted by Gasteiger charge is 2.35. The molecule has 4 atom stereocenters. The van der Waals surface area contributed by atoms with Crippen molar-refractivity contribution in [1.29, 1.82) is 0 Å². The summed E-state index contributed by atoms with van der Waals surface area (Å²) in [6, 6.07) is 4.44. The smallest absolute Gasteiger partial charge is 0.0823 e. The van der Waals surface area contributed by atoms with E-state index in [2.05, 4.69) is 32.9 Å². The van der Waals surface area contributed by atoms with E-state index >= 15 is 0 Å². The van der Waals surface area contributed by atoms with Crippen molar-refractivity contribution >= 4 is 0 Å². The predicted molar refractivity (Wildman–Crippen MR) is 88.4 cm³/mol. The molecule has 0 heterocycles. The first-order valence-electron chi connectivity index (χ1n) is 8.82. The molecule has 0 aliphatic heterocycles. The Morgan fingerprint density at radius 1 is 0.905 bits per heavy atom. The Hall–Kier alpha value is -0.820. The monoisotopic (exact) mass is 286 g/mol. The van der Waals surface area contributed by atoms with Gasteiger partial charge in [-0.2, -0.15) is 0 Å². The molecule has 116 valence electrons. The van der Waals surface area contributed by atoms with Crippen LogP contribution in [-0.4, -0.2) is 5.11 Å². The predicted octanol–water partition coefficient (Wildman–Crippen LogP) is 5.25. The fourth-order valence-electron chi connectivity index (χ4n) is 5.09. The van der Waals surface area contributed by atoms with E-state index < -0.39 is 0 Å². The molecule has 2 fully saturated rings. The summed E-state index contributed by atoms with van der Waals surface area (Å²) in [5.74, 6) is 2.32. The van der Waals surface area contributed by atoms with Crippen LogP contribution in [0.4, 0.5) is 0 Å². The van der Waals surface area contributed by atoms with Crippen LogP contribution >= 0.6 is 0 Å². The maximum Gasteiger partial charge on any atom is 0.0823 e. The molecule has 1 heteroatoms. The largest absolute Gasteiger partial charge is 0.388 e. The van der Waals surface area contributed by atoms with Crippen LogP contribution in [0.1, 0.15) is 73.3 Å². The number of rotatable bonds is 2. The van der Waals surface area contributed by atoms with Crippen LogP contribution in [-0.2, 0) is 0 Å². The highest BCUT2D eigenvalue weighted by atomic mass is 16.3. The van der Waals surface area contributed by atoms with Gasteiger partial charge in [0.1, 0.15) is 0 Å². The van der Waals surface area contributed by atoms with Gasteiger partial charge < -0.3 is 5.11 Å². The summed E-state index contributed by atoms with van der Waals surface area (Å²) >= 11 is 0. The zero-order chi connectivity index (χ0) is 15.0. The van der Waals surface area contributed by atoms with Gasteiger partial charge in [-0.05, 0) is 74.5 Å². The molecular weight excluding hydrogens is 256 g/mol. The molecule has 2 saturated carbocycles. The Balaban J connectivity index is 1.78. The van der Waals surface area contributed by atoms with Gasteiger partial charge in [0.2, 0.25) is 0 Å². The van der Waals surface area contributed by atoms with E-state index in [4.69, 9.17) is 0 Å². The zero-order valence-electron chi connectivity index (χ0n) is 13.9. The summed E-state index contributed by atoms with van der Waals surface area (Å²) in [5.41, 5.74) is 5.05. The number of benzene rings is 1. The van der Waals surface area contributed by atoms with Crippen molar-refractivity contribution in [3.63, 3.8) is 0 Å². The standard InChI is InChI=1S/C20H30O/c1-13-10-14(2)19(15(3)11-13)20(21)18-9-8-16-6-4-5-7-17(16)12-18/h10-11,16-18,20-21H,4-9,12H2,1-3H3. The number of aliphatic hydroxyl groups is 1. The Kier molecular flexibility index (Phi) is 4.40. The number of aryl methyl sites for hydroxylation is 3. The fourth-order valence-corrected chi connectivity index (χ4v) is 5.09. The van der Waals surface area contributed by atoms with Gasteiger partial charge in [0.15, 0.2) is 0 Å². The molecule has 0 radical (unpaired) electrons. The Labute approximate surface area is 129 Å². The average molecular weight is 286 g/mol. The van der Waals surface area contributed by atoms with Gasteiger partial charge in [0.25, 0.3) is 0 Å². The zero-order valence-corrected chi connectivity index (χ0v) is 13.9. The van der Waals surface area contributed by atoms with Gasteiger partial charge in [-0.1, -0.05) is 43.4 Å². The van der Waals surface area contributed by atoms with Gasteiger partial charge in [0, 0.05) is 0 Å². The molecule has 1 N–H and O–H groups in total. The average Bonchev–Trinajstić information content (AvgIpc) is 2.45. The lowest BCUT2D eigenvalue weighted by atomic mass is 9.65. The summed E-state index contributed by atoms with van der Waals surface area (Å²) in [5, 5.41) is 11.0. The summed E-state index contributed by atoms with van der Waals surface area (Å²) < 4.78 is 0. The van der Waals surface area contributed by atoms with Crippen molar-refractivity contribution in [3.8, 4) is 0 Å². The van der Waals surface area contributed by atoms with Crippen molar-refractivity contribution in [1.82, 2.24) is 0 Å². The normalized spacial score (nSPS) is 30.8. The quantitative estimate of drug-likeness (QED) is 0.787. The molecule has 0 aromatic heterocycles. The minimum Gasteiger partial charge on any atom is -0.388 e. The summed E-state index contributed by atoms with van der Waals surface area (Å²) in [4.78, 5) is 0. The van der Waals surface area contributed by atoms with E-state index in [9.17, 15) is 5.11 Å². The molecule has 4 unspecified atom stereocenters. The van der Waals surface area contributed by atoms with E-state index in [0.717, 1.165) is 11.8 Å². The topological polar surface area (TPSA) is 20.2 Å². The van der Waals surface area contributed by atoms with Crippen LogP contribution in [0.2, 0.25) is 0 Å². The second-order valence-electron chi connectivity index (χ2n) is 7.63. The molecule has 1 aromatic carbocycles. The molecule has 21 heavy (non-hydrogen) atoms. The second-order valence-corrected chi connectivity index (χ2v) is 7.63. The van der Waals surface area contributed by atoms with E-state index in [0.29, 0.717) is 5.92 Å². The minimum absolute atomic E-state index is 0.256. The molecule has 2 aliphatic carbocycles. The first-order chi connectivity index (χ1) is 10.1. The van der Waals surface area contributed by atoms with E-state index in [-0.39, 0.29) is 6.10 Å². The van der Waals surface area contributed by atoms with Crippen molar-refractivity contribution in [2.24, 2.45) is 17.8 Å². The maximum absolute atomic E-state index is 11.0. The third-order valence-electron chi connectivity index (χ3n) is 6.06. The van der Waals surface area contributed by atoms with Gasteiger partial charge in [0.05, 0.1) is 6.10 Å². The van der Waals surface area contributed by atoms with Gasteiger partial charge in [-0.3, -0.25) is 0 Å². The fraction of sp³-hybridized carbons (Fsp3) is 0.700. The van der Waals surface area contributed by atoms with Gasteiger partial charge in [-0.25, -0.2) is 0 Å². The highest BCUT2D eigenvalue weighted by molar-refractivity contribution is 5.39. The van der Waals surface area contributed by atoms with Gasteiger partial charge in [-0.15, -0.1) is 0 Å². The van der Waals surface area contributed by atoms with Crippen LogP contribution in [0.5, 0.6) is 0 Å². The van der Waals surface area contributed by atoms with Crippen molar-refractivity contribution in [2.45, 2.75) is 71.8 Å². The van der Waals surface area contributed by atoms with Crippen LogP contribution in [0.3, 0.4) is 0 Å². The van der Waals surface area contributed by atoms with Crippen molar-refractivity contribution < 1.29 is 5.11 Å². The third kappa shape index (κ3) is 3.04. The second kappa shape index (κ2) is 6.12. The lowest BCUT2D eigenvalue weighted by molar-refractivity contribution is 0.0342. The Morgan fingerprint density at radius 3 is 2.19 bits per heavy atom. The molecule has 2 aliphatic rings. The SMILES string of the molecule is Cc1cc(C)c(C(O)C2CCC3CCCCC3C2)c(C)c1. The molecule has 0 bridgehead atoms. The molecule has 0 spiro atoms. The molecule has 0 saturated heterocycles. The third-order valence-corrected chi connectivity index (χ3v) is 6.06. The Morgan fingerprint density at radius 2 is 1.52 bits per heavy atom. The summed E-state index contributed by atoms with van der Waals surface area (Å²) in [6.07, 6.45) is 9.24. The molecule has 1 nitrogen and oxygen atoms in total. The lowest BCUT2D eigenvalue weighted by Crippen LogP contribution is -2.30. The summed E-state index contributed by atoms with van der Waals surface area (Å²) in [7, 11) is 0. The minimum atomic E-state index is -0.256. The first-order valence-corrected chi connectivity index (χ1v) is 8.82. The van der Waals surface area contributed by atoms with Crippen molar-refractivity contribution in [2.75, 3.05) is 0 Å². The highest BCUT2D eigenvalue weighted by Crippen LogP contribution is 2.46. The van der Waals surface area contributed by atoms with Crippen LogP contribution in [0, 0.1) is 38.5 Å².